The Morgan fingerprint density at radius 3 is 2.38 bits per heavy atom. The number of benzene rings is 1. The minimum Gasteiger partial charge on any atom is -0.406 e. The lowest BCUT2D eigenvalue weighted by atomic mass is 10.1. The molecule has 0 unspecified atom stereocenters. The smallest absolute Gasteiger partial charge is 0.406 e. The number of halogens is 3. The molecular weight excluding hydrogens is 413 g/mol. The predicted octanol–water partition coefficient (Wildman–Crippen LogP) is 3.02. The summed E-state index contributed by atoms with van der Waals surface area (Å²) in [4.78, 5) is 14.7. The Balaban J connectivity index is 1.85. The van der Waals surface area contributed by atoms with Crippen molar-refractivity contribution in [2.24, 2.45) is 0 Å². The minimum absolute atomic E-state index is 0.0594. The van der Waals surface area contributed by atoms with E-state index in [1.54, 1.807) is 0 Å². The lowest BCUT2D eigenvalue weighted by Gasteiger charge is -2.31. The number of Topliss-reactive ketones (excluding diaryl/α,β-unsaturated/α-hetero) is 1. The topological polar surface area (TPSA) is 77.3 Å². The fourth-order valence-corrected chi connectivity index (χ4v) is 4.31. The molecule has 0 bridgehead atoms. The molecule has 0 saturated carbocycles. The van der Waals surface area contributed by atoms with Crippen LogP contribution in [0, 0.1) is 6.57 Å². The standard InChI is InChI=1S/C18H21F3N2O5S/c1-22-10-2-3-14(24)13-27-15-8-11-23(12-9-15)29(25,26)17-6-4-16(5-7-17)28-18(19,20)21/h4-7,15H,2-3,8-13H2. The first-order valence-corrected chi connectivity index (χ1v) is 10.4. The van der Waals surface area contributed by atoms with E-state index in [1.807, 2.05) is 0 Å². The first kappa shape index (κ1) is 23.1. The van der Waals surface area contributed by atoms with Crippen LogP contribution in [0.4, 0.5) is 13.2 Å². The van der Waals surface area contributed by atoms with E-state index in [9.17, 15) is 26.4 Å². The summed E-state index contributed by atoms with van der Waals surface area (Å²) < 4.78 is 72.4. The number of ketones is 1. The molecule has 1 fully saturated rings. The third-order valence-corrected chi connectivity index (χ3v) is 6.21. The van der Waals surface area contributed by atoms with Crippen LogP contribution in [0.2, 0.25) is 0 Å². The number of piperidine rings is 1. The van der Waals surface area contributed by atoms with E-state index in [4.69, 9.17) is 11.3 Å². The summed E-state index contributed by atoms with van der Waals surface area (Å²) in [6.07, 6.45) is -3.50. The molecule has 1 aromatic carbocycles. The molecule has 160 valence electrons. The molecule has 1 aliphatic heterocycles. The van der Waals surface area contributed by atoms with Gasteiger partial charge in [-0.2, -0.15) is 4.31 Å². The van der Waals surface area contributed by atoms with Gasteiger partial charge in [0.2, 0.25) is 16.6 Å². The number of hydrogen-bond donors (Lipinski definition) is 0. The van der Waals surface area contributed by atoms with Crippen LogP contribution in [0.5, 0.6) is 5.75 Å². The van der Waals surface area contributed by atoms with Crippen molar-refractivity contribution < 1.29 is 35.9 Å². The van der Waals surface area contributed by atoms with Crippen LogP contribution in [0.15, 0.2) is 29.2 Å². The van der Waals surface area contributed by atoms with Gasteiger partial charge in [0.15, 0.2) is 5.78 Å². The molecule has 29 heavy (non-hydrogen) atoms. The Morgan fingerprint density at radius 2 is 1.83 bits per heavy atom. The monoisotopic (exact) mass is 434 g/mol. The van der Waals surface area contributed by atoms with Crippen molar-refractivity contribution in [1.82, 2.24) is 4.31 Å². The van der Waals surface area contributed by atoms with E-state index >= 15 is 0 Å². The zero-order chi connectivity index (χ0) is 21.5. The zero-order valence-electron chi connectivity index (χ0n) is 15.5. The number of carbonyl (C=O) groups excluding carboxylic acids is 1. The second-order valence-corrected chi connectivity index (χ2v) is 8.40. The normalized spacial score (nSPS) is 16.3. The van der Waals surface area contributed by atoms with E-state index in [-0.39, 0.29) is 42.9 Å². The molecule has 0 aromatic heterocycles. The van der Waals surface area contributed by atoms with Crippen molar-refractivity contribution in [3.8, 4) is 5.75 Å². The lowest BCUT2D eigenvalue weighted by molar-refractivity contribution is -0.274. The highest BCUT2D eigenvalue weighted by Crippen LogP contribution is 2.26. The molecule has 0 N–H and O–H groups in total. The van der Waals surface area contributed by atoms with Crippen LogP contribution in [0.1, 0.15) is 25.7 Å². The number of sulfonamides is 1. The average Bonchev–Trinajstić information content (AvgIpc) is 2.66. The van der Waals surface area contributed by atoms with Crippen molar-refractivity contribution in [3.05, 3.63) is 35.7 Å². The van der Waals surface area contributed by atoms with Gasteiger partial charge < -0.3 is 14.3 Å². The summed E-state index contributed by atoms with van der Waals surface area (Å²) in [5.74, 6) is -0.588. The third-order valence-electron chi connectivity index (χ3n) is 4.30. The van der Waals surface area contributed by atoms with E-state index in [1.165, 1.54) is 4.31 Å². The molecule has 0 spiro atoms. The number of nitrogens with zero attached hydrogens (tertiary/aromatic N) is 2. The van der Waals surface area contributed by atoms with Crippen LogP contribution in [-0.2, 0) is 19.6 Å². The van der Waals surface area contributed by atoms with Crippen molar-refractivity contribution in [3.63, 3.8) is 0 Å². The summed E-state index contributed by atoms with van der Waals surface area (Å²) in [6.45, 7) is 7.26. The molecular formula is C18H21F3N2O5S. The quantitative estimate of drug-likeness (QED) is 0.441. The Bertz CT molecular complexity index is 827. The molecule has 1 heterocycles. The van der Waals surface area contributed by atoms with Gasteiger partial charge in [-0.25, -0.2) is 15.0 Å². The van der Waals surface area contributed by atoms with E-state index in [2.05, 4.69) is 9.58 Å². The van der Waals surface area contributed by atoms with Gasteiger partial charge >= 0.3 is 6.36 Å². The number of carbonyl (C=O) groups is 1. The third kappa shape index (κ3) is 7.30. The van der Waals surface area contributed by atoms with Gasteiger partial charge in [0, 0.05) is 25.9 Å². The molecule has 11 heteroatoms. The Morgan fingerprint density at radius 1 is 1.21 bits per heavy atom. The van der Waals surface area contributed by atoms with Gasteiger partial charge in [-0.3, -0.25) is 4.79 Å². The van der Waals surface area contributed by atoms with Crippen molar-refractivity contribution >= 4 is 15.8 Å². The highest BCUT2D eigenvalue weighted by Gasteiger charge is 2.32. The number of alkyl halides is 3. The van der Waals surface area contributed by atoms with E-state index in [0.29, 0.717) is 25.8 Å². The molecule has 1 aliphatic rings. The van der Waals surface area contributed by atoms with Gasteiger partial charge in [0.25, 0.3) is 0 Å². The molecule has 7 nitrogen and oxygen atoms in total. The van der Waals surface area contributed by atoms with Crippen LogP contribution in [-0.4, -0.2) is 57.2 Å². The lowest BCUT2D eigenvalue weighted by Crippen LogP contribution is -2.41. The Labute approximate surface area is 167 Å². The molecule has 0 aliphatic carbocycles. The van der Waals surface area contributed by atoms with E-state index < -0.39 is 22.1 Å². The van der Waals surface area contributed by atoms with Crippen LogP contribution in [0.3, 0.4) is 0 Å². The van der Waals surface area contributed by atoms with Gasteiger partial charge in [-0.05, 0) is 37.1 Å². The van der Waals surface area contributed by atoms with Crippen molar-refractivity contribution in [2.75, 3.05) is 26.2 Å². The fraction of sp³-hybridized carbons (Fsp3) is 0.556. The molecule has 0 atom stereocenters. The van der Waals surface area contributed by atoms with Gasteiger partial charge in [-0.1, -0.05) is 0 Å². The number of rotatable bonds is 9. The maximum Gasteiger partial charge on any atom is 0.573 e. The SMILES string of the molecule is [C-]#[N+]CCCC(=O)COC1CCN(S(=O)(=O)c2ccc(OC(F)(F)F)cc2)CC1. The van der Waals surface area contributed by atoms with Gasteiger partial charge in [0.1, 0.15) is 12.4 Å². The van der Waals surface area contributed by atoms with Crippen LogP contribution < -0.4 is 4.74 Å². The molecule has 0 amide bonds. The Kier molecular flexibility index (Phi) is 8.01. The van der Waals surface area contributed by atoms with E-state index in [0.717, 1.165) is 24.3 Å². The molecule has 2 rings (SSSR count). The number of hydrogen-bond acceptors (Lipinski definition) is 5. The van der Waals surface area contributed by atoms with Crippen LogP contribution >= 0.6 is 0 Å². The molecule has 1 saturated heterocycles. The summed E-state index contributed by atoms with van der Waals surface area (Å²) in [7, 11) is -3.85. The average molecular weight is 434 g/mol. The summed E-state index contributed by atoms with van der Waals surface area (Å²) in [5.41, 5.74) is 0. The summed E-state index contributed by atoms with van der Waals surface area (Å²) in [5, 5.41) is 0. The van der Waals surface area contributed by atoms with Crippen molar-refractivity contribution in [2.45, 2.75) is 43.0 Å². The molecule has 0 radical (unpaired) electrons. The highest BCUT2D eigenvalue weighted by molar-refractivity contribution is 7.89. The summed E-state index contributed by atoms with van der Waals surface area (Å²) in [6, 6.07) is 4.05. The predicted molar refractivity (Wildman–Crippen MR) is 96.6 cm³/mol. The number of ether oxygens (including phenoxy) is 2. The second kappa shape index (κ2) is 10.0. The van der Waals surface area contributed by atoms with Gasteiger partial charge in [-0.15, -0.1) is 13.2 Å². The van der Waals surface area contributed by atoms with Gasteiger partial charge in [0.05, 0.1) is 11.0 Å². The zero-order valence-corrected chi connectivity index (χ0v) is 16.3. The Hall–Kier alpha value is -2.16. The fourth-order valence-electron chi connectivity index (χ4n) is 2.84. The molecule has 1 aromatic rings. The maximum atomic E-state index is 12.6. The largest absolute Gasteiger partial charge is 0.573 e. The first-order valence-electron chi connectivity index (χ1n) is 8.94. The van der Waals surface area contributed by atoms with Crippen molar-refractivity contribution in [1.29, 1.82) is 0 Å². The summed E-state index contributed by atoms with van der Waals surface area (Å²) >= 11 is 0. The second-order valence-electron chi connectivity index (χ2n) is 6.46. The maximum absolute atomic E-state index is 12.6. The minimum atomic E-state index is -4.85. The highest BCUT2D eigenvalue weighted by atomic mass is 32.2. The van der Waals surface area contributed by atoms with Crippen LogP contribution in [0.25, 0.3) is 4.85 Å². The first-order chi connectivity index (χ1) is 13.6.